The van der Waals surface area contributed by atoms with Crippen LogP contribution in [-0.2, 0) is 12.8 Å². The molecule has 5 heterocycles. The van der Waals surface area contributed by atoms with Crippen LogP contribution in [0.15, 0.2) is 65.4 Å². The number of hydrogen-bond donors (Lipinski definition) is 0. The minimum Gasteiger partial charge on any atom is -0.307 e. The van der Waals surface area contributed by atoms with Crippen molar-refractivity contribution in [3.63, 3.8) is 0 Å². The van der Waals surface area contributed by atoms with Gasteiger partial charge in [0.25, 0.3) is 0 Å². The molecule has 5 aromatic heterocycles. The van der Waals surface area contributed by atoms with E-state index in [2.05, 4.69) is 83.8 Å². The van der Waals surface area contributed by atoms with Gasteiger partial charge in [0.2, 0.25) is 0 Å². The van der Waals surface area contributed by atoms with E-state index in [-0.39, 0.29) is 0 Å². The molecule has 0 N–H and O–H groups in total. The first-order valence-corrected chi connectivity index (χ1v) is 15.9. The zero-order chi connectivity index (χ0) is 23.8. The molecule has 1 nitrogen and oxygen atoms in total. The fourth-order valence-electron chi connectivity index (χ4n) is 4.86. The molecular formula is C30H29NS4. The quantitative estimate of drug-likeness (QED) is 0.175. The number of benzene rings is 1. The van der Waals surface area contributed by atoms with E-state index in [0.717, 1.165) is 0 Å². The minimum absolute atomic E-state index is 1.17. The third kappa shape index (κ3) is 4.23. The number of thiophene rings is 4. The van der Waals surface area contributed by atoms with Gasteiger partial charge in [0.05, 0.1) is 20.4 Å². The van der Waals surface area contributed by atoms with Gasteiger partial charge < -0.3 is 4.57 Å². The van der Waals surface area contributed by atoms with E-state index in [9.17, 15) is 0 Å². The van der Waals surface area contributed by atoms with Crippen molar-refractivity contribution in [2.45, 2.75) is 52.4 Å². The molecule has 0 unspecified atom stereocenters. The second kappa shape index (κ2) is 10.1. The van der Waals surface area contributed by atoms with E-state index in [1.165, 1.54) is 95.3 Å². The fraction of sp³-hybridized carbons (Fsp3) is 0.267. The van der Waals surface area contributed by atoms with Crippen LogP contribution in [0.25, 0.3) is 45.6 Å². The summed E-state index contributed by atoms with van der Waals surface area (Å²) in [5.74, 6) is 0. The first-order valence-electron chi connectivity index (χ1n) is 12.5. The summed E-state index contributed by atoms with van der Waals surface area (Å²) in [6, 6.07) is 20.4. The van der Waals surface area contributed by atoms with Crippen LogP contribution >= 0.6 is 45.3 Å². The van der Waals surface area contributed by atoms with Crippen LogP contribution in [0.3, 0.4) is 0 Å². The molecule has 0 radical (unpaired) electrons. The maximum atomic E-state index is 2.49. The second-order valence-electron chi connectivity index (χ2n) is 9.08. The van der Waals surface area contributed by atoms with Gasteiger partial charge in [0.15, 0.2) is 0 Å². The summed E-state index contributed by atoms with van der Waals surface area (Å²) in [4.78, 5) is 5.75. The zero-order valence-electron chi connectivity index (χ0n) is 20.2. The highest BCUT2D eigenvalue weighted by molar-refractivity contribution is 7.32. The number of aromatic nitrogens is 1. The summed E-state index contributed by atoms with van der Waals surface area (Å²) < 4.78 is 5.34. The third-order valence-electron chi connectivity index (χ3n) is 6.67. The van der Waals surface area contributed by atoms with Crippen molar-refractivity contribution in [3.05, 3.63) is 76.5 Å². The Hall–Kier alpha value is -2.18. The number of hydrogen-bond acceptors (Lipinski definition) is 4. The Morgan fingerprint density at radius 1 is 0.657 bits per heavy atom. The first kappa shape index (κ1) is 23.2. The van der Waals surface area contributed by atoms with Gasteiger partial charge in [-0.05, 0) is 84.0 Å². The summed E-state index contributed by atoms with van der Waals surface area (Å²) in [6.07, 6.45) is 7.33. The topological polar surface area (TPSA) is 4.93 Å². The molecule has 0 aliphatic heterocycles. The van der Waals surface area contributed by atoms with Crippen molar-refractivity contribution in [1.82, 2.24) is 4.57 Å². The average Bonchev–Trinajstić information content (AvgIpc) is 3.68. The fourth-order valence-corrected chi connectivity index (χ4v) is 9.51. The number of para-hydroxylation sites is 1. The summed E-state index contributed by atoms with van der Waals surface area (Å²) in [5.41, 5.74) is 6.95. The van der Waals surface area contributed by atoms with Gasteiger partial charge in [-0.3, -0.25) is 0 Å². The van der Waals surface area contributed by atoms with E-state index < -0.39 is 0 Å². The molecule has 35 heavy (non-hydrogen) atoms. The van der Waals surface area contributed by atoms with Gasteiger partial charge in [0.1, 0.15) is 0 Å². The summed E-state index contributed by atoms with van der Waals surface area (Å²) in [6.45, 7) is 4.56. The molecule has 0 atom stereocenters. The highest BCUT2D eigenvalue weighted by atomic mass is 32.1. The average molecular weight is 532 g/mol. The van der Waals surface area contributed by atoms with Crippen molar-refractivity contribution < 1.29 is 0 Å². The highest BCUT2D eigenvalue weighted by Crippen LogP contribution is 2.48. The lowest BCUT2D eigenvalue weighted by Crippen LogP contribution is -1.91. The number of unbranched alkanes of at least 4 members (excludes halogenated alkanes) is 2. The van der Waals surface area contributed by atoms with Crippen LogP contribution in [0.1, 0.15) is 50.7 Å². The Labute approximate surface area is 223 Å². The number of aryl methyl sites for hydroxylation is 2. The van der Waals surface area contributed by atoms with E-state index >= 15 is 0 Å². The highest BCUT2D eigenvalue weighted by Gasteiger charge is 2.21. The van der Waals surface area contributed by atoms with Gasteiger partial charge in [-0.25, -0.2) is 0 Å². The van der Waals surface area contributed by atoms with E-state index in [4.69, 9.17) is 0 Å². The Bertz CT molecular complexity index is 1470. The SMILES string of the molecule is CCCCc1ccsc1-c1cc2c(s1)c1sc(-c3sccc3CCCC)cc1n2-c1ccccc1. The predicted octanol–water partition coefficient (Wildman–Crippen LogP) is 11.0. The van der Waals surface area contributed by atoms with Crippen LogP contribution in [0.4, 0.5) is 0 Å². The first-order chi connectivity index (χ1) is 17.3. The molecule has 0 saturated heterocycles. The molecule has 1 aromatic carbocycles. The summed E-state index contributed by atoms with van der Waals surface area (Å²) >= 11 is 7.75. The van der Waals surface area contributed by atoms with Crippen molar-refractivity contribution in [1.29, 1.82) is 0 Å². The minimum atomic E-state index is 1.17. The van der Waals surface area contributed by atoms with Crippen molar-refractivity contribution in [2.24, 2.45) is 0 Å². The van der Waals surface area contributed by atoms with Gasteiger partial charge >= 0.3 is 0 Å². The van der Waals surface area contributed by atoms with Crippen LogP contribution in [0, 0.1) is 0 Å². The van der Waals surface area contributed by atoms with E-state index in [0.29, 0.717) is 0 Å². The Morgan fingerprint density at radius 2 is 1.17 bits per heavy atom. The van der Waals surface area contributed by atoms with Gasteiger partial charge in [-0.1, -0.05) is 44.9 Å². The zero-order valence-corrected chi connectivity index (χ0v) is 23.4. The molecule has 0 fully saturated rings. The lowest BCUT2D eigenvalue weighted by molar-refractivity contribution is 0.798. The Morgan fingerprint density at radius 3 is 1.66 bits per heavy atom. The molecule has 0 saturated carbocycles. The third-order valence-corrected chi connectivity index (χ3v) is 11.4. The molecule has 5 heteroatoms. The Balaban J connectivity index is 1.53. The maximum Gasteiger partial charge on any atom is 0.0711 e. The normalized spacial score (nSPS) is 11.8. The second-order valence-corrected chi connectivity index (χ2v) is 13.0. The van der Waals surface area contributed by atoms with Gasteiger partial charge in [-0.2, -0.15) is 0 Å². The molecule has 0 bridgehead atoms. The largest absolute Gasteiger partial charge is 0.307 e. The summed E-state index contributed by atoms with van der Waals surface area (Å²) in [5, 5.41) is 4.53. The number of fused-ring (bicyclic) bond motifs is 3. The molecule has 0 amide bonds. The van der Waals surface area contributed by atoms with Crippen LogP contribution in [-0.4, -0.2) is 4.57 Å². The van der Waals surface area contributed by atoms with Gasteiger partial charge in [0, 0.05) is 25.2 Å². The molecular weight excluding hydrogens is 503 g/mol. The van der Waals surface area contributed by atoms with Gasteiger partial charge in [-0.15, -0.1) is 45.3 Å². The predicted molar refractivity (Wildman–Crippen MR) is 160 cm³/mol. The monoisotopic (exact) mass is 531 g/mol. The van der Waals surface area contributed by atoms with E-state index in [1.54, 1.807) is 0 Å². The molecule has 0 aliphatic rings. The number of nitrogens with zero attached hydrogens (tertiary/aromatic N) is 1. The van der Waals surface area contributed by atoms with E-state index in [1.807, 2.05) is 45.3 Å². The number of rotatable bonds is 9. The van der Waals surface area contributed by atoms with Crippen LogP contribution < -0.4 is 0 Å². The van der Waals surface area contributed by atoms with Crippen molar-refractivity contribution in [2.75, 3.05) is 0 Å². The summed E-state index contributed by atoms with van der Waals surface area (Å²) in [7, 11) is 0. The van der Waals surface area contributed by atoms with Crippen molar-refractivity contribution in [3.8, 4) is 25.2 Å². The standard InChI is InChI=1S/C30H29NS4/c1-3-5-10-20-14-16-32-27(20)25-18-23-29(34-25)30-24(31(23)22-12-8-7-9-13-22)19-26(35-30)28-21(11-6-4-2)15-17-33-28/h7-9,12-19H,3-6,10-11H2,1-2H3. The lowest BCUT2D eigenvalue weighted by Gasteiger charge is -2.06. The van der Waals surface area contributed by atoms with Crippen molar-refractivity contribution >= 4 is 65.8 Å². The smallest absolute Gasteiger partial charge is 0.0711 e. The molecule has 0 spiro atoms. The van der Waals surface area contributed by atoms with Crippen LogP contribution in [0.2, 0.25) is 0 Å². The lowest BCUT2D eigenvalue weighted by atomic mass is 10.1. The van der Waals surface area contributed by atoms with Crippen LogP contribution in [0.5, 0.6) is 0 Å². The molecule has 6 rings (SSSR count). The molecule has 178 valence electrons. The Kier molecular flexibility index (Phi) is 6.68. The molecule has 6 aromatic rings. The molecule has 0 aliphatic carbocycles. The maximum absolute atomic E-state index is 2.49.